The van der Waals surface area contributed by atoms with Crippen LogP contribution in [0.2, 0.25) is 5.02 Å². The Balaban J connectivity index is 1.95. The average Bonchev–Trinajstić information content (AvgIpc) is 2.88. The molecule has 0 heterocycles. The second kappa shape index (κ2) is 7.44. The number of anilines is 1. The number of carbonyl (C=O) groups excluding carboxylic acids is 1. The Labute approximate surface area is 137 Å². The molecule has 1 fully saturated rings. The largest absolute Gasteiger partial charge is 0.393 e. The van der Waals surface area contributed by atoms with E-state index in [0.29, 0.717) is 5.02 Å². The molecule has 0 saturated heterocycles. The molecule has 122 valence electrons. The van der Waals surface area contributed by atoms with Gasteiger partial charge in [0.2, 0.25) is 5.91 Å². The van der Waals surface area contributed by atoms with Crippen LogP contribution in [0.15, 0.2) is 18.2 Å². The lowest BCUT2D eigenvalue weighted by Gasteiger charge is -2.28. The SMILES string of the molecule is Cc1c(Cl)cccc1NC(=O)C(C)N(C)CC1CCCC1O. The van der Waals surface area contributed by atoms with Gasteiger partial charge in [0.1, 0.15) is 0 Å². The van der Waals surface area contributed by atoms with Gasteiger partial charge in [-0.1, -0.05) is 24.1 Å². The summed E-state index contributed by atoms with van der Waals surface area (Å²) in [6, 6.07) is 5.23. The molecule has 1 saturated carbocycles. The fourth-order valence-corrected chi connectivity index (χ4v) is 3.11. The van der Waals surface area contributed by atoms with Crippen molar-refractivity contribution in [2.45, 2.75) is 45.3 Å². The maximum absolute atomic E-state index is 12.4. The number of likely N-dealkylation sites (N-methyl/N-ethyl adjacent to an activating group) is 1. The Kier molecular flexibility index (Phi) is 5.84. The molecule has 0 aliphatic heterocycles. The first-order chi connectivity index (χ1) is 10.4. The Morgan fingerprint density at radius 1 is 1.50 bits per heavy atom. The fraction of sp³-hybridized carbons (Fsp3) is 0.588. The maximum atomic E-state index is 12.4. The van der Waals surface area contributed by atoms with Gasteiger partial charge in [0, 0.05) is 17.3 Å². The first-order valence-electron chi connectivity index (χ1n) is 7.84. The quantitative estimate of drug-likeness (QED) is 0.875. The molecule has 1 aliphatic rings. The number of aliphatic hydroxyl groups excluding tert-OH is 1. The van der Waals surface area contributed by atoms with Gasteiger partial charge in [0.05, 0.1) is 12.1 Å². The van der Waals surface area contributed by atoms with Crippen LogP contribution >= 0.6 is 11.6 Å². The van der Waals surface area contributed by atoms with E-state index in [1.807, 2.05) is 44.0 Å². The zero-order valence-electron chi connectivity index (χ0n) is 13.5. The molecule has 1 amide bonds. The molecular formula is C17H25ClN2O2. The van der Waals surface area contributed by atoms with Crippen molar-refractivity contribution in [3.63, 3.8) is 0 Å². The van der Waals surface area contributed by atoms with Gasteiger partial charge in [-0.2, -0.15) is 0 Å². The predicted molar refractivity (Wildman–Crippen MR) is 90.3 cm³/mol. The van der Waals surface area contributed by atoms with Crippen LogP contribution in [0.4, 0.5) is 5.69 Å². The summed E-state index contributed by atoms with van der Waals surface area (Å²) < 4.78 is 0. The van der Waals surface area contributed by atoms with E-state index in [9.17, 15) is 9.90 Å². The van der Waals surface area contributed by atoms with Gasteiger partial charge in [-0.3, -0.25) is 9.69 Å². The van der Waals surface area contributed by atoms with E-state index in [2.05, 4.69) is 5.32 Å². The molecule has 2 N–H and O–H groups in total. The third-order valence-electron chi connectivity index (χ3n) is 4.71. The highest BCUT2D eigenvalue weighted by Gasteiger charge is 2.29. The Bertz CT molecular complexity index is 535. The number of hydrogen-bond acceptors (Lipinski definition) is 3. The molecule has 4 nitrogen and oxygen atoms in total. The predicted octanol–water partition coefficient (Wildman–Crippen LogP) is 3.07. The van der Waals surface area contributed by atoms with Gasteiger partial charge in [-0.25, -0.2) is 0 Å². The number of halogens is 1. The molecule has 0 bridgehead atoms. The van der Waals surface area contributed by atoms with Crippen LogP contribution in [0, 0.1) is 12.8 Å². The van der Waals surface area contributed by atoms with Crippen molar-refractivity contribution in [3.8, 4) is 0 Å². The minimum Gasteiger partial charge on any atom is -0.393 e. The molecule has 3 atom stereocenters. The maximum Gasteiger partial charge on any atom is 0.241 e. The summed E-state index contributed by atoms with van der Waals surface area (Å²) in [6.07, 6.45) is 2.75. The number of hydrogen-bond donors (Lipinski definition) is 2. The molecule has 1 aromatic carbocycles. The van der Waals surface area contributed by atoms with Crippen molar-refractivity contribution < 1.29 is 9.90 Å². The van der Waals surface area contributed by atoms with Crippen LogP contribution in [-0.4, -0.2) is 41.7 Å². The number of amides is 1. The third-order valence-corrected chi connectivity index (χ3v) is 5.12. The highest BCUT2D eigenvalue weighted by molar-refractivity contribution is 6.31. The number of nitrogens with zero attached hydrogens (tertiary/aromatic N) is 1. The topological polar surface area (TPSA) is 52.6 Å². The van der Waals surface area contributed by atoms with E-state index in [1.54, 1.807) is 0 Å². The second-order valence-corrected chi connectivity index (χ2v) is 6.68. The summed E-state index contributed by atoms with van der Waals surface area (Å²) in [6.45, 7) is 4.52. The van der Waals surface area contributed by atoms with Crippen molar-refractivity contribution in [3.05, 3.63) is 28.8 Å². The lowest BCUT2D eigenvalue weighted by molar-refractivity contribution is -0.120. The van der Waals surface area contributed by atoms with E-state index in [0.717, 1.165) is 37.1 Å². The number of nitrogens with one attached hydrogen (secondary N) is 1. The lowest BCUT2D eigenvalue weighted by Crippen LogP contribution is -2.43. The molecule has 0 spiro atoms. The zero-order valence-corrected chi connectivity index (χ0v) is 14.2. The van der Waals surface area contributed by atoms with E-state index < -0.39 is 0 Å². The highest BCUT2D eigenvalue weighted by Crippen LogP contribution is 2.27. The number of benzene rings is 1. The summed E-state index contributed by atoms with van der Waals surface area (Å²) in [5.41, 5.74) is 1.62. The molecule has 1 aliphatic carbocycles. The molecule has 5 heteroatoms. The van der Waals surface area contributed by atoms with Gasteiger partial charge in [0.15, 0.2) is 0 Å². The molecular weight excluding hydrogens is 300 g/mol. The van der Waals surface area contributed by atoms with E-state index >= 15 is 0 Å². The van der Waals surface area contributed by atoms with Gasteiger partial charge in [-0.05, 0) is 57.4 Å². The Morgan fingerprint density at radius 2 is 2.23 bits per heavy atom. The molecule has 0 aromatic heterocycles. The zero-order chi connectivity index (χ0) is 16.3. The molecule has 3 unspecified atom stereocenters. The normalized spacial score (nSPS) is 22.8. The monoisotopic (exact) mass is 324 g/mol. The van der Waals surface area contributed by atoms with Crippen LogP contribution in [0.5, 0.6) is 0 Å². The summed E-state index contributed by atoms with van der Waals surface area (Å²) in [7, 11) is 1.93. The van der Waals surface area contributed by atoms with E-state index in [-0.39, 0.29) is 24.0 Å². The lowest BCUT2D eigenvalue weighted by atomic mass is 10.0. The minimum atomic E-state index is -0.258. The van der Waals surface area contributed by atoms with Gasteiger partial charge < -0.3 is 10.4 Å². The van der Waals surface area contributed by atoms with Crippen LogP contribution in [0.25, 0.3) is 0 Å². The third kappa shape index (κ3) is 4.00. The van der Waals surface area contributed by atoms with E-state index in [1.165, 1.54) is 0 Å². The summed E-state index contributed by atoms with van der Waals surface area (Å²) in [4.78, 5) is 14.4. The number of aliphatic hydroxyl groups is 1. The van der Waals surface area contributed by atoms with Crippen molar-refractivity contribution in [2.75, 3.05) is 18.9 Å². The summed E-state index contributed by atoms with van der Waals surface area (Å²) in [5.74, 6) is 0.216. The Hall–Kier alpha value is -1.10. The average molecular weight is 325 g/mol. The molecule has 22 heavy (non-hydrogen) atoms. The first-order valence-corrected chi connectivity index (χ1v) is 8.22. The smallest absolute Gasteiger partial charge is 0.241 e. The highest BCUT2D eigenvalue weighted by atomic mass is 35.5. The first kappa shape index (κ1) is 17.3. The summed E-state index contributed by atoms with van der Waals surface area (Å²) >= 11 is 6.08. The van der Waals surface area contributed by atoms with Crippen LogP contribution in [-0.2, 0) is 4.79 Å². The standard InChI is InChI=1S/C17H25ClN2O2/c1-11-14(18)7-5-8-15(11)19-17(22)12(2)20(3)10-13-6-4-9-16(13)21/h5,7-8,12-13,16,21H,4,6,9-10H2,1-3H3,(H,19,22). The van der Waals surface area contributed by atoms with Crippen molar-refractivity contribution in [1.29, 1.82) is 0 Å². The van der Waals surface area contributed by atoms with E-state index in [4.69, 9.17) is 11.6 Å². The van der Waals surface area contributed by atoms with Gasteiger partial charge in [0.25, 0.3) is 0 Å². The number of carbonyl (C=O) groups is 1. The Morgan fingerprint density at radius 3 is 2.86 bits per heavy atom. The van der Waals surface area contributed by atoms with Crippen molar-refractivity contribution in [1.82, 2.24) is 4.90 Å². The molecule has 2 rings (SSSR count). The summed E-state index contributed by atoms with van der Waals surface area (Å²) in [5, 5.41) is 13.5. The van der Waals surface area contributed by atoms with Gasteiger partial charge in [-0.15, -0.1) is 0 Å². The van der Waals surface area contributed by atoms with Crippen molar-refractivity contribution in [2.24, 2.45) is 5.92 Å². The second-order valence-electron chi connectivity index (χ2n) is 6.28. The molecule has 1 aromatic rings. The van der Waals surface area contributed by atoms with Crippen molar-refractivity contribution >= 4 is 23.2 Å². The molecule has 0 radical (unpaired) electrons. The fourth-order valence-electron chi connectivity index (χ4n) is 2.94. The number of rotatable bonds is 5. The van der Waals surface area contributed by atoms with Crippen LogP contribution in [0.1, 0.15) is 31.7 Å². The van der Waals surface area contributed by atoms with Crippen LogP contribution < -0.4 is 5.32 Å². The van der Waals surface area contributed by atoms with Gasteiger partial charge >= 0.3 is 0 Å². The van der Waals surface area contributed by atoms with Crippen LogP contribution in [0.3, 0.4) is 0 Å². The minimum absolute atomic E-state index is 0.0552.